The largest absolute Gasteiger partial charge is 0.383 e. The maximum Gasteiger partial charge on any atom is 0.330 e. The molecule has 2 aromatic carbocycles. The van der Waals surface area contributed by atoms with Crippen molar-refractivity contribution in [1.29, 1.82) is 0 Å². The monoisotopic (exact) mass is 499 g/mol. The third-order valence-electron chi connectivity index (χ3n) is 5.23. The third-order valence-corrected chi connectivity index (χ3v) is 6.98. The average Bonchev–Trinajstić information content (AvgIpc) is 2.75. The highest BCUT2D eigenvalue weighted by atomic mass is 32.2. The van der Waals surface area contributed by atoms with Crippen LogP contribution in [0.2, 0.25) is 0 Å². The molecule has 0 atom stereocenters. The van der Waals surface area contributed by atoms with Crippen molar-refractivity contribution in [2.45, 2.75) is 44.7 Å². The van der Waals surface area contributed by atoms with Crippen LogP contribution in [0.15, 0.2) is 63.0 Å². The number of aromatic amines is 1. The summed E-state index contributed by atoms with van der Waals surface area (Å²) in [5.74, 6) is -0.841. The number of benzene rings is 2. The molecule has 0 saturated carbocycles. The van der Waals surface area contributed by atoms with E-state index in [1.165, 1.54) is 25.2 Å². The highest BCUT2D eigenvalue weighted by Gasteiger charge is 2.27. The lowest BCUT2D eigenvalue weighted by Gasteiger charge is -2.23. The minimum atomic E-state index is -3.90. The molecule has 0 fully saturated rings. The smallest absolute Gasteiger partial charge is 0.330 e. The Morgan fingerprint density at radius 2 is 1.74 bits per heavy atom. The second-order valence-corrected chi connectivity index (χ2v) is 10.9. The summed E-state index contributed by atoms with van der Waals surface area (Å²) in [5.41, 5.74) is 5.07. The van der Waals surface area contributed by atoms with Gasteiger partial charge in [0.15, 0.2) is 5.69 Å². The molecule has 3 aromatic rings. The summed E-state index contributed by atoms with van der Waals surface area (Å²) in [5, 5.41) is 0. The van der Waals surface area contributed by atoms with Crippen LogP contribution in [0, 0.1) is 6.92 Å². The predicted octanol–water partition coefficient (Wildman–Crippen LogP) is 1.83. The van der Waals surface area contributed by atoms with Gasteiger partial charge in [0.2, 0.25) is 10.0 Å². The zero-order valence-electron chi connectivity index (χ0n) is 20.2. The average molecular weight is 500 g/mol. The van der Waals surface area contributed by atoms with E-state index >= 15 is 0 Å². The molecule has 3 rings (SSSR count). The fraction of sp³-hybridized carbons (Fsp3) is 0.292. The molecule has 0 aliphatic rings. The summed E-state index contributed by atoms with van der Waals surface area (Å²) in [7, 11) is -2.56. The van der Waals surface area contributed by atoms with E-state index in [2.05, 4.69) is 9.71 Å². The van der Waals surface area contributed by atoms with Crippen molar-refractivity contribution in [1.82, 2.24) is 14.3 Å². The molecule has 0 radical (unpaired) electrons. The zero-order valence-corrected chi connectivity index (χ0v) is 21.1. The van der Waals surface area contributed by atoms with Gasteiger partial charge in [-0.1, -0.05) is 36.4 Å². The van der Waals surface area contributed by atoms with Crippen LogP contribution in [0.5, 0.6) is 0 Å². The number of hydrogen-bond acceptors (Lipinski definition) is 6. The number of carbonyl (C=O) groups excluding carboxylic acids is 1. The van der Waals surface area contributed by atoms with Gasteiger partial charge in [-0.3, -0.25) is 19.1 Å². The lowest BCUT2D eigenvalue weighted by atomic mass is 10.1. The molecule has 186 valence electrons. The number of nitrogens with two attached hydrogens (primary N) is 1. The van der Waals surface area contributed by atoms with Crippen molar-refractivity contribution in [2.75, 3.05) is 17.7 Å². The Bertz CT molecular complexity index is 1490. The summed E-state index contributed by atoms with van der Waals surface area (Å²) in [6.07, 6.45) is 0. The number of aryl methyl sites for hydroxylation is 1. The van der Waals surface area contributed by atoms with Crippen LogP contribution in [0.4, 0.5) is 11.5 Å². The molecule has 1 amide bonds. The lowest BCUT2D eigenvalue weighted by molar-refractivity contribution is 0.0992. The molecular formula is C24H29N5O5S. The number of hydrogen-bond donors (Lipinski definition) is 3. The van der Waals surface area contributed by atoms with Gasteiger partial charge in [0, 0.05) is 18.2 Å². The number of sulfonamides is 1. The molecule has 0 aliphatic heterocycles. The van der Waals surface area contributed by atoms with Crippen LogP contribution in [0.3, 0.4) is 0 Å². The van der Waals surface area contributed by atoms with Gasteiger partial charge >= 0.3 is 5.69 Å². The Morgan fingerprint density at radius 3 is 2.34 bits per heavy atom. The highest BCUT2D eigenvalue weighted by Crippen LogP contribution is 2.23. The van der Waals surface area contributed by atoms with E-state index in [9.17, 15) is 22.8 Å². The number of nitrogen functional groups attached to an aromatic ring is 1. The van der Waals surface area contributed by atoms with E-state index in [1.807, 2.05) is 6.07 Å². The standard InChI is InChI=1S/C24H29N5O5S/c1-15-11-12-17(35(33,34)27-24(2,3)4)13-18(15)22(31)28(5)19-20(25)29(23(32)26-21(19)30)14-16-9-7-6-8-10-16/h6-13,27H,14,25H2,1-5H3,(H,26,30,32). The molecule has 1 heterocycles. The van der Waals surface area contributed by atoms with E-state index < -0.39 is 32.7 Å². The molecule has 0 spiro atoms. The molecule has 35 heavy (non-hydrogen) atoms. The molecule has 0 aliphatic carbocycles. The number of nitrogens with zero attached hydrogens (tertiary/aromatic N) is 2. The first-order valence-corrected chi connectivity index (χ1v) is 12.3. The quantitative estimate of drug-likeness (QED) is 0.471. The maximum absolute atomic E-state index is 13.4. The Hall–Kier alpha value is -3.70. The van der Waals surface area contributed by atoms with Gasteiger partial charge in [-0.15, -0.1) is 0 Å². The maximum atomic E-state index is 13.4. The van der Waals surface area contributed by atoms with Crippen molar-refractivity contribution in [3.05, 3.63) is 86.1 Å². The Labute approximate surface area is 203 Å². The number of aromatic nitrogens is 2. The minimum absolute atomic E-state index is 0.0730. The van der Waals surface area contributed by atoms with Crippen LogP contribution in [-0.4, -0.2) is 36.5 Å². The van der Waals surface area contributed by atoms with Crippen molar-refractivity contribution < 1.29 is 13.2 Å². The summed E-state index contributed by atoms with van der Waals surface area (Å²) in [6, 6.07) is 13.2. The molecule has 0 unspecified atom stereocenters. The van der Waals surface area contributed by atoms with Crippen molar-refractivity contribution >= 4 is 27.4 Å². The van der Waals surface area contributed by atoms with Crippen LogP contribution >= 0.6 is 0 Å². The molecule has 4 N–H and O–H groups in total. The van der Waals surface area contributed by atoms with Gasteiger partial charge in [-0.2, -0.15) is 0 Å². The fourth-order valence-electron chi connectivity index (χ4n) is 3.57. The van der Waals surface area contributed by atoms with Crippen LogP contribution in [-0.2, 0) is 16.6 Å². The second kappa shape index (κ2) is 9.51. The molecule has 11 heteroatoms. The number of nitrogens with one attached hydrogen (secondary N) is 2. The molecule has 0 saturated heterocycles. The van der Waals surface area contributed by atoms with E-state index in [0.29, 0.717) is 5.56 Å². The fourth-order valence-corrected chi connectivity index (χ4v) is 5.01. The van der Waals surface area contributed by atoms with Gasteiger partial charge in [0.05, 0.1) is 11.4 Å². The second-order valence-electron chi connectivity index (χ2n) is 9.26. The zero-order chi connectivity index (χ0) is 26.1. The third kappa shape index (κ3) is 5.69. The van der Waals surface area contributed by atoms with Crippen molar-refractivity contribution in [3.8, 4) is 0 Å². The van der Waals surface area contributed by atoms with Gasteiger partial charge < -0.3 is 10.6 Å². The number of anilines is 2. The predicted molar refractivity (Wildman–Crippen MR) is 135 cm³/mol. The van der Waals surface area contributed by atoms with Gasteiger partial charge in [0.25, 0.3) is 11.5 Å². The number of H-pyrrole nitrogens is 1. The first-order chi connectivity index (χ1) is 16.2. The Kier molecular flexibility index (Phi) is 7.04. The highest BCUT2D eigenvalue weighted by molar-refractivity contribution is 7.89. The Balaban J connectivity index is 2.05. The van der Waals surface area contributed by atoms with Gasteiger partial charge in [-0.05, 0) is 51.0 Å². The first-order valence-electron chi connectivity index (χ1n) is 10.8. The molecular weight excluding hydrogens is 470 g/mol. The molecule has 1 aromatic heterocycles. The van der Waals surface area contributed by atoms with E-state index in [0.717, 1.165) is 15.0 Å². The van der Waals surface area contributed by atoms with Crippen LogP contribution < -0.4 is 26.6 Å². The molecule has 0 bridgehead atoms. The van der Waals surface area contributed by atoms with Crippen LogP contribution in [0.25, 0.3) is 0 Å². The first kappa shape index (κ1) is 25.9. The van der Waals surface area contributed by atoms with Gasteiger partial charge in [-0.25, -0.2) is 17.9 Å². The molecule has 10 nitrogen and oxygen atoms in total. The number of amides is 1. The van der Waals surface area contributed by atoms with E-state index in [-0.39, 0.29) is 28.5 Å². The van der Waals surface area contributed by atoms with E-state index in [1.54, 1.807) is 52.0 Å². The normalized spacial score (nSPS) is 11.9. The lowest BCUT2D eigenvalue weighted by Crippen LogP contribution is -2.41. The van der Waals surface area contributed by atoms with Crippen molar-refractivity contribution in [3.63, 3.8) is 0 Å². The summed E-state index contributed by atoms with van der Waals surface area (Å²) in [6.45, 7) is 6.86. The topological polar surface area (TPSA) is 147 Å². The van der Waals surface area contributed by atoms with Crippen molar-refractivity contribution in [2.24, 2.45) is 0 Å². The van der Waals surface area contributed by atoms with E-state index in [4.69, 9.17) is 5.73 Å². The minimum Gasteiger partial charge on any atom is -0.383 e. The summed E-state index contributed by atoms with van der Waals surface area (Å²) in [4.78, 5) is 41.7. The SMILES string of the molecule is Cc1ccc(S(=O)(=O)NC(C)(C)C)cc1C(=O)N(C)c1c(N)n(Cc2ccccc2)c(=O)[nH]c1=O. The Morgan fingerprint density at radius 1 is 1.11 bits per heavy atom. The van der Waals surface area contributed by atoms with Crippen LogP contribution in [0.1, 0.15) is 42.3 Å². The summed E-state index contributed by atoms with van der Waals surface area (Å²) >= 11 is 0. The van der Waals surface area contributed by atoms with Gasteiger partial charge in [0.1, 0.15) is 5.82 Å². The number of carbonyl (C=O) groups is 1. The number of rotatable bonds is 6. The summed E-state index contributed by atoms with van der Waals surface area (Å²) < 4.78 is 29.3.